The minimum absolute atomic E-state index is 0.0339. The van der Waals surface area contributed by atoms with E-state index in [0.29, 0.717) is 26.2 Å². The van der Waals surface area contributed by atoms with Gasteiger partial charge in [0.15, 0.2) is 5.69 Å². The number of hydrogen-bond donors (Lipinski definition) is 1. The van der Waals surface area contributed by atoms with Crippen LogP contribution in [0.25, 0.3) is 0 Å². The molecule has 1 saturated heterocycles. The van der Waals surface area contributed by atoms with Crippen LogP contribution in [0.15, 0.2) is 36.7 Å². The molecule has 1 amide bonds. The number of anilines is 1. The van der Waals surface area contributed by atoms with Crippen LogP contribution < -0.4 is 4.90 Å². The molecule has 0 atom stereocenters. The van der Waals surface area contributed by atoms with E-state index in [9.17, 15) is 23.1 Å². The number of alkyl halides is 3. The summed E-state index contributed by atoms with van der Waals surface area (Å²) in [5, 5.41) is 17.1. The van der Waals surface area contributed by atoms with Crippen molar-refractivity contribution in [2.45, 2.75) is 19.3 Å². The molecule has 0 bridgehead atoms. The maximum atomic E-state index is 13.4. The fourth-order valence-corrected chi connectivity index (χ4v) is 4.05. The van der Waals surface area contributed by atoms with Gasteiger partial charge < -0.3 is 14.9 Å². The average Bonchev–Trinajstić information content (AvgIpc) is 3.39. The first-order valence-corrected chi connectivity index (χ1v) is 10.7. The first kappa shape index (κ1) is 23.2. The fraction of sp³-hybridized carbons (Fsp3) is 0.350. The molecule has 1 N–H and O–H groups in total. The maximum Gasteiger partial charge on any atom is 0.436 e. The van der Waals surface area contributed by atoms with E-state index in [4.69, 9.17) is 23.2 Å². The number of carbonyl (C=O) groups is 1. The lowest BCUT2D eigenvalue weighted by Crippen LogP contribution is -2.49. The van der Waals surface area contributed by atoms with Gasteiger partial charge >= 0.3 is 6.18 Å². The Bertz CT molecular complexity index is 1140. The van der Waals surface area contributed by atoms with Crippen LogP contribution in [-0.4, -0.2) is 61.7 Å². The number of nitrogens with zero attached hydrogens (tertiary/aromatic N) is 6. The Morgan fingerprint density at radius 2 is 1.88 bits per heavy atom. The van der Waals surface area contributed by atoms with Gasteiger partial charge in [0, 0.05) is 50.3 Å². The molecule has 1 aliphatic heterocycles. The number of benzene rings is 1. The van der Waals surface area contributed by atoms with Crippen molar-refractivity contribution in [1.29, 1.82) is 0 Å². The minimum Gasteiger partial charge on any atom is -0.506 e. The van der Waals surface area contributed by atoms with Crippen molar-refractivity contribution in [1.82, 2.24) is 24.5 Å². The summed E-state index contributed by atoms with van der Waals surface area (Å²) in [5.41, 5.74) is -0.415. The molecule has 0 unspecified atom stereocenters. The summed E-state index contributed by atoms with van der Waals surface area (Å²) in [6, 6.07) is 6.53. The number of halogens is 5. The second-order valence-electron chi connectivity index (χ2n) is 7.47. The van der Waals surface area contributed by atoms with Gasteiger partial charge in [0.25, 0.3) is 0 Å². The lowest BCUT2D eigenvalue weighted by molar-refractivity contribution is -0.142. The molecule has 1 aliphatic rings. The van der Waals surface area contributed by atoms with Crippen molar-refractivity contribution in [3.8, 4) is 5.75 Å². The maximum absolute atomic E-state index is 13.4. The number of aromatic nitrogens is 4. The second-order valence-corrected chi connectivity index (χ2v) is 8.26. The number of aromatic hydroxyl groups is 1. The predicted octanol–water partition coefficient (Wildman–Crippen LogP) is 3.51. The van der Waals surface area contributed by atoms with Gasteiger partial charge in [-0.15, -0.1) is 0 Å². The van der Waals surface area contributed by atoms with Crippen LogP contribution in [-0.2, 0) is 24.1 Å². The lowest BCUT2D eigenvalue weighted by atomic mass is 10.2. The number of amides is 1. The third kappa shape index (κ3) is 5.03. The molecule has 1 fully saturated rings. The van der Waals surface area contributed by atoms with Gasteiger partial charge in [0.05, 0.1) is 22.3 Å². The molecular formula is C20H19Cl2F3N6O2. The van der Waals surface area contributed by atoms with Crippen molar-refractivity contribution in [2.75, 3.05) is 31.1 Å². The van der Waals surface area contributed by atoms with Crippen LogP contribution in [0.1, 0.15) is 11.4 Å². The smallest absolute Gasteiger partial charge is 0.436 e. The Hall–Kier alpha value is -2.92. The third-order valence-corrected chi connectivity index (χ3v) is 6.06. The zero-order valence-electron chi connectivity index (χ0n) is 17.1. The van der Waals surface area contributed by atoms with Gasteiger partial charge in [-0.1, -0.05) is 23.2 Å². The Labute approximate surface area is 196 Å². The molecule has 1 aromatic carbocycles. The van der Waals surface area contributed by atoms with Crippen molar-refractivity contribution >= 4 is 34.8 Å². The number of phenols is 1. The van der Waals surface area contributed by atoms with Gasteiger partial charge in [-0.05, 0) is 18.2 Å². The monoisotopic (exact) mass is 502 g/mol. The Morgan fingerprint density at radius 3 is 2.48 bits per heavy atom. The van der Waals surface area contributed by atoms with E-state index in [1.165, 1.54) is 10.9 Å². The van der Waals surface area contributed by atoms with Gasteiger partial charge in [0.1, 0.15) is 12.3 Å². The quantitative estimate of drug-likeness (QED) is 0.577. The van der Waals surface area contributed by atoms with E-state index in [0.717, 1.165) is 10.4 Å². The van der Waals surface area contributed by atoms with E-state index in [-0.39, 0.29) is 35.5 Å². The SMILES string of the molecule is O=C(Cn1nc(C(F)(F)F)c(Cl)c1Cn1cccn1)N1CCN(c2ccc(Cl)c(O)c2)CC1. The molecule has 176 valence electrons. The van der Waals surface area contributed by atoms with Crippen molar-refractivity contribution < 1.29 is 23.1 Å². The summed E-state index contributed by atoms with van der Waals surface area (Å²) in [6.45, 7) is 1.25. The Kier molecular flexibility index (Phi) is 6.44. The first-order valence-electron chi connectivity index (χ1n) is 9.94. The zero-order valence-corrected chi connectivity index (χ0v) is 18.6. The van der Waals surface area contributed by atoms with E-state index >= 15 is 0 Å². The molecule has 0 aliphatic carbocycles. The van der Waals surface area contributed by atoms with Crippen LogP contribution in [0, 0.1) is 0 Å². The topological polar surface area (TPSA) is 79.4 Å². The third-order valence-electron chi connectivity index (χ3n) is 5.35. The normalized spacial score (nSPS) is 14.7. The van der Waals surface area contributed by atoms with Gasteiger partial charge in [-0.3, -0.25) is 14.2 Å². The Morgan fingerprint density at radius 1 is 1.15 bits per heavy atom. The summed E-state index contributed by atoms with van der Waals surface area (Å²) < 4.78 is 42.5. The van der Waals surface area contributed by atoms with Crippen LogP contribution >= 0.6 is 23.2 Å². The summed E-state index contributed by atoms with van der Waals surface area (Å²) in [6.07, 6.45) is -1.68. The van der Waals surface area contributed by atoms with Crippen LogP contribution in [0.4, 0.5) is 18.9 Å². The molecule has 3 aromatic rings. The van der Waals surface area contributed by atoms with Gasteiger partial charge in [0.2, 0.25) is 5.91 Å². The fourth-order valence-electron chi connectivity index (χ4n) is 3.63. The van der Waals surface area contributed by atoms with E-state index in [2.05, 4.69) is 10.2 Å². The molecule has 0 radical (unpaired) electrons. The number of carbonyl (C=O) groups excluding carboxylic acids is 1. The van der Waals surface area contributed by atoms with Gasteiger partial charge in [-0.2, -0.15) is 23.4 Å². The number of rotatable bonds is 5. The van der Waals surface area contributed by atoms with E-state index < -0.39 is 16.9 Å². The molecule has 0 saturated carbocycles. The highest BCUT2D eigenvalue weighted by Crippen LogP contribution is 2.36. The van der Waals surface area contributed by atoms with Crippen LogP contribution in [0.3, 0.4) is 0 Å². The standard InChI is InChI=1S/C20H19Cl2F3N6O2/c21-14-3-2-13(10-16(14)32)28-6-8-29(9-7-28)17(33)12-31-15(11-30-5-1-4-26-30)18(22)19(27-31)20(23,24)25/h1-5,10,32H,6-9,11-12H2. The minimum atomic E-state index is -4.75. The molecule has 2 aromatic heterocycles. The Balaban J connectivity index is 1.47. The average molecular weight is 503 g/mol. The first-order chi connectivity index (χ1) is 15.6. The molecule has 13 heteroatoms. The summed E-state index contributed by atoms with van der Waals surface area (Å²) in [5.74, 6) is -0.406. The van der Waals surface area contributed by atoms with Crippen molar-refractivity contribution in [2.24, 2.45) is 0 Å². The summed E-state index contributed by atoms with van der Waals surface area (Å²) in [4.78, 5) is 16.4. The van der Waals surface area contributed by atoms with Crippen LogP contribution in [0.5, 0.6) is 5.75 Å². The number of hydrogen-bond acceptors (Lipinski definition) is 5. The summed E-state index contributed by atoms with van der Waals surface area (Å²) in [7, 11) is 0. The van der Waals surface area contributed by atoms with Crippen molar-refractivity contribution in [3.63, 3.8) is 0 Å². The molecule has 33 heavy (non-hydrogen) atoms. The zero-order chi connectivity index (χ0) is 23.8. The predicted molar refractivity (Wildman–Crippen MR) is 115 cm³/mol. The number of phenolic OH excluding ortho intramolecular Hbond substituents is 1. The molecular weight excluding hydrogens is 484 g/mol. The highest BCUT2D eigenvalue weighted by molar-refractivity contribution is 6.32. The van der Waals surface area contributed by atoms with E-state index in [1.807, 2.05) is 4.90 Å². The number of piperazine rings is 1. The van der Waals surface area contributed by atoms with E-state index in [1.54, 1.807) is 35.4 Å². The highest BCUT2D eigenvalue weighted by atomic mass is 35.5. The highest BCUT2D eigenvalue weighted by Gasteiger charge is 2.39. The van der Waals surface area contributed by atoms with Crippen LogP contribution in [0.2, 0.25) is 10.0 Å². The van der Waals surface area contributed by atoms with Gasteiger partial charge in [-0.25, -0.2) is 0 Å². The largest absolute Gasteiger partial charge is 0.506 e. The molecule has 8 nitrogen and oxygen atoms in total. The molecule has 4 rings (SSSR count). The summed E-state index contributed by atoms with van der Waals surface area (Å²) >= 11 is 11.8. The lowest BCUT2D eigenvalue weighted by Gasteiger charge is -2.36. The van der Waals surface area contributed by atoms with Crippen molar-refractivity contribution in [3.05, 3.63) is 58.1 Å². The molecule has 0 spiro atoms. The second kappa shape index (κ2) is 9.14. The molecule has 3 heterocycles.